The van der Waals surface area contributed by atoms with Gasteiger partial charge in [0.05, 0.1) is 17.4 Å². The smallest absolute Gasteiger partial charge is 0.254 e. The number of halogens is 1. The topological polar surface area (TPSA) is 52.2 Å². The van der Waals surface area contributed by atoms with Crippen LogP contribution in [0.15, 0.2) is 48.8 Å². The van der Waals surface area contributed by atoms with Crippen LogP contribution in [0.25, 0.3) is 11.0 Å². The minimum absolute atomic E-state index is 0.0823. The second kappa shape index (κ2) is 6.86. The van der Waals surface area contributed by atoms with Gasteiger partial charge in [0.15, 0.2) is 0 Å². The fourth-order valence-corrected chi connectivity index (χ4v) is 3.47. The van der Waals surface area contributed by atoms with E-state index in [1.165, 1.54) is 5.56 Å². The average Bonchev–Trinajstić information content (AvgIpc) is 3.09. The number of rotatable bonds is 3. The second-order valence-corrected chi connectivity index (χ2v) is 6.77. The third-order valence-electron chi connectivity index (χ3n) is 4.62. The van der Waals surface area contributed by atoms with Crippen LogP contribution in [0.4, 0.5) is 0 Å². The summed E-state index contributed by atoms with van der Waals surface area (Å²) in [4.78, 5) is 24.3. The first-order valence-corrected chi connectivity index (χ1v) is 8.76. The third kappa shape index (κ3) is 3.52. The van der Waals surface area contributed by atoms with Gasteiger partial charge in [0.25, 0.3) is 5.91 Å². The molecule has 25 heavy (non-hydrogen) atoms. The predicted molar refractivity (Wildman–Crippen MR) is 98.7 cm³/mol. The number of piperazine rings is 1. The Kier molecular flexibility index (Phi) is 4.42. The molecule has 1 aromatic heterocycles. The number of carbonyl (C=O) groups excluding carboxylic acids is 1. The number of hydrogen-bond acceptors (Lipinski definition) is 3. The number of aromatic amines is 1. The molecule has 2 heterocycles. The summed E-state index contributed by atoms with van der Waals surface area (Å²) in [6, 6.07) is 13.6. The molecule has 1 fully saturated rings. The van der Waals surface area contributed by atoms with Gasteiger partial charge < -0.3 is 9.88 Å². The summed E-state index contributed by atoms with van der Waals surface area (Å²) in [6.07, 6.45) is 1.65. The lowest BCUT2D eigenvalue weighted by atomic mass is 10.1. The van der Waals surface area contributed by atoms with Gasteiger partial charge in [-0.1, -0.05) is 23.7 Å². The molecule has 0 atom stereocenters. The van der Waals surface area contributed by atoms with Crippen molar-refractivity contribution in [3.63, 3.8) is 0 Å². The highest BCUT2D eigenvalue weighted by Gasteiger charge is 2.22. The van der Waals surface area contributed by atoms with Crippen LogP contribution in [0.3, 0.4) is 0 Å². The van der Waals surface area contributed by atoms with Crippen LogP contribution in [-0.4, -0.2) is 51.9 Å². The normalized spacial score (nSPS) is 15.6. The van der Waals surface area contributed by atoms with Gasteiger partial charge in [0, 0.05) is 43.3 Å². The first-order chi connectivity index (χ1) is 12.2. The number of benzene rings is 2. The Morgan fingerprint density at radius 1 is 1.12 bits per heavy atom. The summed E-state index contributed by atoms with van der Waals surface area (Å²) < 4.78 is 0. The molecule has 128 valence electrons. The fourth-order valence-electron chi connectivity index (χ4n) is 3.25. The molecule has 0 aliphatic carbocycles. The predicted octanol–water partition coefficient (Wildman–Crippen LogP) is 3.17. The molecule has 1 aliphatic rings. The molecular weight excluding hydrogens is 336 g/mol. The van der Waals surface area contributed by atoms with Crippen molar-refractivity contribution in [1.82, 2.24) is 19.8 Å². The van der Waals surface area contributed by atoms with E-state index in [2.05, 4.69) is 20.9 Å². The van der Waals surface area contributed by atoms with E-state index in [-0.39, 0.29) is 5.91 Å². The minimum Gasteiger partial charge on any atom is -0.345 e. The highest BCUT2D eigenvalue weighted by atomic mass is 35.5. The van der Waals surface area contributed by atoms with Gasteiger partial charge >= 0.3 is 0 Å². The standard InChI is InChI=1S/C19H19ClN4O/c20-16-3-1-2-14(10-16)12-23-6-8-24(9-7-23)19(25)15-4-5-17-18(11-15)22-13-21-17/h1-5,10-11,13H,6-9,12H2,(H,21,22). The molecule has 0 saturated carbocycles. The number of amides is 1. The van der Waals surface area contributed by atoms with E-state index in [4.69, 9.17) is 11.6 Å². The van der Waals surface area contributed by atoms with Gasteiger partial charge in [0.2, 0.25) is 0 Å². The Hall–Kier alpha value is -2.37. The quantitative estimate of drug-likeness (QED) is 0.786. The maximum atomic E-state index is 12.7. The van der Waals surface area contributed by atoms with Crippen LogP contribution in [0.1, 0.15) is 15.9 Å². The molecule has 1 N–H and O–H groups in total. The van der Waals surface area contributed by atoms with Crippen molar-refractivity contribution in [2.24, 2.45) is 0 Å². The summed E-state index contributed by atoms with van der Waals surface area (Å²) in [6.45, 7) is 4.07. The number of fused-ring (bicyclic) bond motifs is 1. The van der Waals surface area contributed by atoms with Crippen LogP contribution >= 0.6 is 11.6 Å². The summed E-state index contributed by atoms with van der Waals surface area (Å²) in [5.74, 6) is 0.0823. The second-order valence-electron chi connectivity index (χ2n) is 6.33. The Morgan fingerprint density at radius 2 is 1.96 bits per heavy atom. The Labute approximate surface area is 151 Å². The largest absolute Gasteiger partial charge is 0.345 e. The number of aromatic nitrogens is 2. The Balaban J connectivity index is 1.38. The number of hydrogen-bond donors (Lipinski definition) is 1. The van der Waals surface area contributed by atoms with Gasteiger partial charge in [-0.25, -0.2) is 4.98 Å². The highest BCUT2D eigenvalue weighted by Crippen LogP contribution is 2.17. The number of nitrogens with zero attached hydrogens (tertiary/aromatic N) is 3. The van der Waals surface area contributed by atoms with Crippen molar-refractivity contribution in [1.29, 1.82) is 0 Å². The van der Waals surface area contributed by atoms with Crippen LogP contribution < -0.4 is 0 Å². The average molecular weight is 355 g/mol. The summed E-state index contributed by atoms with van der Waals surface area (Å²) in [5.41, 5.74) is 3.69. The van der Waals surface area contributed by atoms with Gasteiger partial charge in [-0.2, -0.15) is 0 Å². The molecule has 0 unspecified atom stereocenters. The lowest BCUT2D eigenvalue weighted by Crippen LogP contribution is -2.48. The van der Waals surface area contributed by atoms with E-state index in [0.717, 1.165) is 48.8 Å². The number of nitrogens with one attached hydrogen (secondary N) is 1. The molecule has 4 rings (SSSR count). The molecule has 0 bridgehead atoms. The van der Waals surface area contributed by atoms with Gasteiger partial charge in [-0.15, -0.1) is 0 Å². The van der Waals surface area contributed by atoms with Crippen LogP contribution in [0, 0.1) is 0 Å². The minimum atomic E-state index is 0.0823. The van der Waals surface area contributed by atoms with Crippen LogP contribution in [0.5, 0.6) is 0 Å². The third-order valence-corrected chi connectivity index (χ3v) is 4.86. The summed E-state index contributed by atoms with van der Waals surface area (Å²) >= 11 is 6.05. The van der Waals surface area contributed by atoms with E-state index in [1.54, 1.807) is 6.33 Å². The van der Waals surface area contributed by atoms with E-state index < -0.39 is 0 Å². The van der Waals surface area contributed by atoms with Gasteiger partial charge in [-0.05, 0) is 35.9 Å². The number of carbonyl (C=O) groups is 1. The molecule has 0 radical (unpaired) electrons. The van der Waals surface area contributed by atoms with Crippen molar-refractivity contribution in [3.8, 4) is 0 Å². The molecule has 3 aromatic rings. The van der Waals surface area contributed by atoms with Crippen LogP contribution in [-0.2, 0) is 6.54 Å². The van der Waals surface area contributed by atoms with E-state index in [0.29, 0.717) is 5.56 Å². The first kappa shape index (κ1) is 16.1. The zero-order valence-electron chi connectivity index (χ0n) is 13.8. The zero-order chi connectivity index (χ0) is 17.2. The lowest BCUT2D eigenvalue weighted by Gasteiger charge is -2.34. The molecule has 0 spiro atoms. The molecule has 5 nitrogen and oxygen atoms in total. The van der Waals surface area contributed by atoms with Crippen molar-refractivity contribution >= 4 is 28.5 Å². The van der Waals surface area contributed by atoms with Gasteiger partial charge in [0.1, 0.15) is 0 Å². The van der Waals surface area contributed by atoms with Crippen molar-refractivity contribution < 1.29 is 4.79 Å². The van der Waals surface area contributed by atoms with Crippen LogP contribution in [0.2, 0.25) is 5.02 Å². The molecule has 6 heteroatoms. The molecule has 1 aliphatic heterocycles. The van der Waals surface area contributed by atoms with E-state index >= 15 is 0 Å². The lowest BCUT2D eigenvalue weighted by molar-refractivity contribution is 0.0628. The van der Waals surface area contributed by atoms with E-state index in [9.17, 15) is 4.79 Å². The molecule has 1 saturated heterocycles. The molecular formula is C19H19ClN4O. The number of imidazole rings is 1. The highest BCUT2D eigenvalue weighted by molar-refractivity contribution is 6.30. The molecule has 2 aromatic carbocycles. The van der Waals surface area contributed by atoms with E-state index in [1.807, 2.05) is 41.3 Å². The Morgan fingerprint density at radius 3 is 2.76 bits per heavy atom. The Bertz CT molecular complexity index is 899. The fraction of sp³-hybridized carbons (Fsp3) is 0.263. The SMILES string of the molecule is O=C(c1ccc2nc[nH]c2c1)N1CCN(Cc2cccc(Cl)c2)CC1. The molecule has 1 amide bonds. The van der Waals surface area contributed by atoms with Crippen molar-refractivity contribution in [2.45, 2.75) is 6.54 Å². The maximum Gasteiger partial charge on any atom is 0.254 e. The first-order valence-electron chi connectivity index (χ1n) is 8.38. The monoisotopic (exact) mass is 354 g/mol. The van der Waals surface area contributed by atoms with Crippen molar-refractivity contribution in [2.75, 3.05) is 26.2 Å². The number of H-pyrrole nitrogens is 1. The van der Waals surface area contributed by atoms with Crippen molar-refractivity contribution in [3.05, 3.63) is 64.9 Å². The van der Waals surface area contributed by atoms with Gasteiger partial charge in [-0.3, -0.25) is 9.69 Å². The summed E-state index contributed by atoms with van der Waals surface area (Å²) in [5, 5.41) is 0.764. The zero-order valence-corrected chi connectivity index (χ0v) is 14.5. The maximum absolute atomic E-state index is 12.7. The summed E-state index contributed by atoms with van der Waals surface area (Å²) in [7, 11) is 0.